The quantitative estimate of drug-likeness (QED) is 0.492. The molecule has 0 amide bonds. The van der Waals surface area contributed by atoms with Crippen molar-refractivity contribution in [2.75, 3.05) is 6.61 Å². The van der Waals surface area contributed by atoms with E-state index in [2.05, 4.69) is 26.8 Å². The van der Waals surface area contributed by atoms with Gasteiger partial charge in [-0.15, -0.1) is 0 Å². The molecule has 0 saturated heterocycles. The summed E-state index contributed by atoms with van der Waals surface area (Å²) in [6.45, 7) is 9.55. The molecule has 6 atom stereocenters. The molecule has 0 aromatic carbocycles. The highest BCUT2D eigenvalue weighted by Gasteiger charge is 2.62. The lowest BCUT2D eigenvalue weighted by Crippen LogP contribution is -2.57. The van der Waals surface area contributed by atoms with Gasteiger partial charge < -0.3 is 4.74 Å². The van der Waals surface area contributed by atoms with Crippen molar-refractivity contribution in [1.29, 1.82) is 0 Å². The molecule has 0 aliphatic heterocycles. The molecule has 0 heterocycles. The van der Waals surface area contributed by atoms with Crippen molar-refractivity contribution in [3.63, 3.8) is 0 Å². The van der Waals surface area contributed by atoms with E-state index >= 15 is 0 Å². The largest absolute Gasteiger partial charge is 0.465 e. The molecule has 3 fully saturated rings. The molecule has 1 spiro atoms. The molecule has 3 saturated carbocycles. The van der Waals surface area contributed by atoms with Crippen LogP contribution in [0.1, 0.15) is 79.1 Å². The first-order chi connectivity index (χ1) is 11.3. The summed E-state index contributed by atoms with van der Waals surface area (Å²) in [4.78, 5) is 11.4. The lowest BCUT2D eigenvalue weighted by atomic mass is 9.41. The zero-order chi connectivity index (χ0) is 17.2. The molecule has 24 heavy (non-hydrogen) atoms. The minimum atomic E-state index is -0.120. The monoisotopic (exact) mass is 330 g/mol. The summed E-state index contributed by atoms with van der Waals surface area (Å²) in [6.07, 6.45) is 13.5. The fourth-order valence-corrected chi connectivity index (χ4v) is 7.78. The van der Waals surface area contributed by atoms with Gasteiger partial charge in [0.25, 0.3) is 0 Å². The Labute approximate surface area is 147 Å². The van der Waals surface area contributed by atoms with E-state index in [4.69, 9.17) is 4.74 Å². The zero-order valence-electron chi connectivity index (χ0n) is 16.0. The number of hydrogen-bond donors (Lipinski definition) is 0. The first-order valence-electron chi connectivity index (χ1n) is 10.1. The molecule has 0 aromatic heterocycles. The molecular weight excluding hydrogens is 296 g/mol. The van der Waals surface area contributed by atoms with Crippen LogP contribution < -0.4 is 0 Å². The van der Waals surface area contributed by atoms with Gasteiger partial charge in [0.1, 0.15) is 0 Å². The molecule has 2 heteroatoms. The van der Waals surface area contributed by atoms with Crippen LogP contribution in [0.4, 0.5) is 0 Å². The van der Waals surface area contributed by atoms with Gasteiger partial charge in [0.05, 0.1) is 6.61 Å². The number of rotatable bonds is 2. The third-order valence-corrected chi connectivity index (χ3v) is 8.68. The third kappa shape index (κ3) is 2.24. The maximum atomic E-state index is 11.4. The Bertz CT molecular complexity index is 579. The molecule has 0 N–H and O–H groups in total. The predicted molar refractivity (Wildman–Crippen MR) is 96.4 cm³/mol. The van der Waals surface area contributed by atoms with Crippen LogP contribution in [-0.2, 0) is 9.53 Å². The van der Waals surface area contributed by atoms with E-state index in [9.17, 15) is 4.79 Å². The Morgan fingerprint density at radius 2 is 1.96 bits per heavy atom. The molecule has 4 rings (SSSR count). The lowest BCUT2D eigenvalue weighted by Gasteiger charge is -2.64. The second-order valence-electron chi connectivity index (χ2n) is 10.0. The van der Waals surface area contributed by atoms with E-state index in [-0.39, 0.29) is 11.4 Å². The molecule has 134 valence electrons. The minimum absolute atomic E-state index is 0.120. The van der Waals surface area contributed by atoms with Crippen LogP contribution in [0.3, 0.4) is 0 Å². The first-order valence-corrected chi connectivity index (χ1v) is 10.1. The Morgan fingerprint density at radius 1 is 1.17 bits per heavy atom. The highest BCUT2D eigenvalue weighted by molar-refractivity contribution is 5.65. The fraction of sp³-hybridized carbons (Fsp3) is 0.864. The zero-order valence-corrected chi connectivity index (χ0v) is 16.0. The molecular formula is C22H34O2. The van der Waals surface area contributed by atoms with Crippen molar-refractivity contribution in [1.82, 2.24) is 0 Å². The van der Waals surface area contributed by atoms with Gasteiger partial charge in [-0.3, -0.25) is 4.79 Å². The average Bonchev–Trinajstić information content (AvgIpc) is 2.74. The molecule has 0 aromatic rings. The number of carbonyl (C=O) groups excluding carboxylic acids is 1. The first kappa shape index (κ1) is 16.7. The normalized spacial score (nSPS) is 49.8. The summed E-state index contributed by atoms with van der Waals surface area (Å²) in [7, 11) is 0. The summed E-state index contributed by atoms with van der Waals surface area (Å²) in [5.74, 6) is 2.30. The SMILES string of the molecule is CC(=O)OC[C@]1(C)CCC[C@]2(C)[C@@H]1CC[C@]13C=C(C)[C@H](CC[C@H]12)C3. The standard InChI is InChI=1S/C22H34O2/c1-15-12-22-11-8-18-20(3,14-24-16(2)23)9-5-10-21(18,4)19(22)7-6-17(15)13-22/h12,17-19H,5-11,13-14H2,1-4H3/t17-,18-,19+,20+,21-,22-/m1/s1. The summed E-state index contributed by atoms with van der Waals surface area (Å²) in [6, 6.07) is 0. The maximum Gasteiger partial charge on any atom is 0.302 e. The summed E-state index contributed by atoms with van der Waals surface area (Å²) < 4.78 is 5.54. The van der Waals surface area contributed by atoms with Crippen LogP contribution in [0.25, 0.3) is 0 Å². The lowest BCUT2D eigenvalue weighted by molar-refractivity contribution is -0.167. The second-order valence-corrected chi connectivity index (χ2v) is 10.0. The second kappa shape index (κ2) is 5.35. The fourth-order valence-electron chi connectivity index (χ4n) is 7.78. The van der Waals surface area contributed by atoms with Gasteiger partial charge in [-0.25, -0.2) is 0 Å². The van der Waals surface area contributed by atoms with Crippen molar-refractivity contribution in [3.05, 3.63) is 11.6 Å². The van der Waals surface area contributed by atoms with E-state index in [1.165, 1.54) is 51.4 Å². The molecule has 0 unspecified atom stereocenters. The van der Waals surface area contributed by atoms with Crippen LogP contribution in [0.15, 0.2) is 11.6 Å². The summed E-state index contributed by atoms with van der Waals surface area (Å²) in [5, 5.41) is 0. The molecule has 4 aliphatic carbocycles. The number of allylic oxidation sites excluding steroid dienone is 2. The number of ether oxygens (including phenoxy) is 1. The van der Waals surface area contributed by atoms with Crippen LogP contribution in [-0.4, -0.2) is 12.6 Å². The van der Waals surface area contributed by atoms with Crippen molar-refractivity contribution in [2.45, 2.75) is 79.1 Å². The van der Waals surface area contributed by atoms with Crippen LogP contribution in [0.2, 0.25) is 0 Å². The van der Waals surface area contributed by atoms with Gasteiger partial charge in [-0.1, -0.05) is 31.9 Å². The van der Waals surface area contributed by atoms with E-state index in [0.29, 0.717) is 23.4 Å². The molecule has 0 radical (unpaired) electrons. The number of hydrogen-bond acceptors (Lipinski definition) is 2. The van der Waals surface area contributed by atoms with Gasteiger partial charge in [0.15, 0.2) is 0 Å². The van der Waals surface area contributed by atoms with E-state index in [1.54, 1.807) is 12.5 Å². The number of fused-ring (bicyclic) bond motifs is 3. The van der Waals surface area contributed by atoms with Crippen LogP contribution in [0.5, 0.6) is 0 Å². The van der Waals surface area contributed by atoms with E-state index in [1.807, 2.05) is 0 Å². The third-order valence-electron chi connectivity index (χ3n) is 8.68. The summed E-state index contributed by atoms with van der Waals surface area (Å²) in [5.41, 5.74) is 2.78. The van der Waals surface area contributed by atoms with Gasteiger partial charge >= 0.3 is 5.97 Å². The minimum Gasteiger partial charge on any atom is -0.465 e. The number of carbonyl (C=O) groups is 1. The topological polar surface area (TPSA) is 26.3 Å². The summed E-state index contributed by atoms with van der Waals surface area (Å²) >= 11 is 0. The molecule has 2 nitrogen and oxygen atoms in total. The van der Waals surface area contributed by atoms with Crippen molar-refractivity contribution in [2.24, 2.45) is 34.0 Å². The van der Waals surface area contributed by atoms with Gasteiger partial charge in [-0.05, 0) is 80.5 Å². The highest BCUT2D eigenvalue weighted by Crippen LogP contribution is 2.70. The Morgan fingerprint density at radius 3 is 2.71 bits per heavy atom. The van der Waals surface area contributed by atoms with Gasteiger partial charge in [0, 0.05) is 12.3 Å². The molecule has 4 aliphatic rings. The van der Waals surface area contributed by atoms with E-state index in [0.717, 1.165) is 11.8 Å². The van der Waals surface area contributed by atoms with Crippen molar-refractivity contribution in [3.8, 4) is 0 Å². The van der Waals surface area contributed by atoms with Crippen molar-refractivity contribution < 1.29 is 9.53 Å². The maximum absolute atomic E-state index is 11.4. The van der Waals surface area contributed by atoms with Gasteiger partial charge in [-0.2, -0.15) is 0 Å². The van der Waals surface area contributed by atoms with E-state index < -0.39 is 0 Å². The smallest absolute Gasteiger partial charge is 0.302 e. The predicted octanol–water partition coefficient (Wildman–Crippen LogP) is 5.52. The van der Waals surface area contributed by atoms with Crippen molar-refractivity contribution >= 4 is 5.97 Å². The van der Waals surface area contributed by atoms with Crippen LogP contribution in [0, 0.1) is 34.0 Å². The van der Waals surface area contributed by atoms with Gasteiger partial charge in [0.2, 0.25) is 0 Å². The Kier molecular flexibility index (Phi) is 3.72. The number of esters is 1. The molecule has 2 bridgehead atoms. The Hall–Kier alpha value is -0.790. The highest BCUT2D eigenvalue weighted by atomic mass is 16.5. The Balaban J connectivity index is 1.66. The van der Waals surface area contributed by atoms with Crippen LogP contribution >= 0.6 is 0 Å². The average molecular weight is 331 g/mol.